The first-order valence-electron chi connectivity index (χ1n) is 8.36. The van der Waals surface area contributed by atoms with Crippen molar-refractivity contribution in [1.82, 2.24) is 5.32 Å². The summed E-state index contributed by atoms with van der Waals surface area (Å²) in [4.78, 5) is 24.2. The standard InChI is InChI=1S/C18H18FN3O5S/c1-12(23)20-10-14-11-22(18(24)27-14)13-7-8-17(16(19)9-13)21-28(25,26)15-5-3-2-4-6-15/h2-9,14,21H,10-11H2,1H3,(H,20,23)/t14-/m0/s1. The molecule has 1 aliphatic rings. The third-order valence-corrected chi connectivity index (χ3v) is 5.40. The number of ether oxygens (including phenoxy) is 1. The first-order valence-corrected chi connectivity index (χ1v) is 9.84. The molecule has 1 saturated heterocycles. The average molecular weight is 407 g/mol. The van der Waals surface area contributed by atoms with Crippen LogP contribution in [0.1, 0.15) is 6.92 Å². The average Bonchev–Trinajstić information content (AvgIpc) is 3.03. The lowest BCUT2D eigenvalue weighted by Gasteiger charge is -2.15. The number of carbonyl (C=O) groups excluding carboxylic acids is 2. The third-order valence-electron chi connectivity index (χ3n) is 4.01. The minimum Gasteiger partial charge on any atom is -0.442 e. The van der Waals surface area contributed by atoms with Gasteiger partial charge in [0.2, 0.25) is 5.91 Å². The van der Waals surface area contributed by atoms with Gasteiger partial charge in [-0.1, -0.05) is 18.2 Å². The molecule has 1 aliphatic heterocycles. The van der Waals surface area contributed by atoms with Crippen molar-refractivity contribution in [2.24, 2.45) is 0 Å². The number of nitrogens with zero attached hydrogens (tertiary/aromatic N) is 1. The second-order valence-corrected chi connectivity index (χ2v) is 7.82. The molecule has 1 heterocycles. The van der Waals surface area contributed by atoms with E-state index in [4.69, 9.17) is 4.74 Å². The van der Waals surface area contributed by atoms with E-state index >= 15 is 0 Å². The predicted molar refractivity (Wildman–Crippen MR) is 99.9 cm³/mol. The van der Waals surface area contributed by atoms with Crippen molar-refractivity contribution >= 4 is 33.4 Å². The number of amides is 2. The number of cyclic esters (lactones) is 1. The molecule has 10 heteroatoms. The number of anilines is 2. The van der Waals surface area contributed by atoms with E-state index in [1.807, 2.05) is 0 Å². The zero-order valence-electron chi connectivity index (χ0n) is 14.9. The van der Waals surface area contributed by atoms with Crippen LogP contribution < -0.4 is 14.9 Å². The monoisotopic (exact) mass is 407 g/mol. The molecule has 0 bridgehead atoms. The zero-order valence-corrected chi connectivity index (χ0v) is 15.7. The highest BCUT2D eigenvalue weighted by atomic mass is 32.2. The summed E-state index contributed by atoms with van der Waals surface area (Å²) in [5.74, 6) is -1.09. The summed E-state index contributed by atoms with van der Waals surface area (Å²) < 4.78 is 46.4. The molecule has 1 atom stereocenters. The van der Waals surface area contributed by atoms with Crippen LogP contribution in [0.15, 0.2) is 53.4 Å². The number of rotatable bonds is 6. The fourth-order valence-corrected chi connectivity index (χ4v) is 3.74. The van der Waals surface area contributed by atoms with Gasteiger partial charge in [0.25, 0.3) is 10.0 Å². The fraction of sp³-hybridized carbons (Fsp3) is 0.222. The van der Waals surface area contributed by atoms with Crippen molar-refractivity contribution in [3.05, 3.63) is 54.3 Å². The molecular weight excluding hydrogens is 389 g/mol. The SMILES string of the molecule is CC(=O)NC[C@H]1CN(c2ccc(NS(=O)(=O)c3ccccc3)c(F)c2)C(=O)O1. The minimum atomic E-state index is -3.94. The van der Waals surface area contributed by atoms with E-state index in [1.165, 1.54) is 36.1 Å². The summed E-state index contributed by atoms with van der Waals surface area (Å²) in [6.07, 6.45) is -1.23. The Morgan fingerprint density at radius 2 is 1.96 bits per heavy atom. The molecule has 0 unspecified atom stereocenters. The van der Waals surface area contributed by atoms with Crippen LogP contribution in [0.5, 0.6) is 0 Å². The van der Waals surface area contributed by atoms with E-state index in [2.05, 4.69) is 10.0 Å². The Hall–Kier alpha value is -3.14. The lowest BCUT2D eigenvalue weighted by Crippen LogP contribution is -2.33. The molecule has 148 valence electrons. The lowest BCUT2D eigenvalue weighted by molar-refractivity contribution is -0.119. The van der Waals surface area contributed by atoms with E-state index in [1.54, 1.807) is 18.2 Å². The highest BCUT2D eigenvalue weighted by Gasteiger charge is 2.32. The molecule has 0 spiro atoms. The molecule has 3 rings (SSSR count). The second kappa shape index (κ2) is 7.85. The van der Waals surface area contributed by atoms with Gasteiger partial charge < -0.3 is 10.1 Å². The van der Waals surface area contributed by atoms with Gasteiger partial charge in [0, 0.05) is 6.92 Å². The minimum absolute atomic E-state index is 0.00223. The molecule has 28 heavy (non-hydrogen) atoms. The van der Waals surface area contributed by atoms with Crippen LogP contribution in [0.25, 0.3) is 0 Å². The van der Waals surface area contributed by atoms with Gasteiger partial charge in [-0.05, 0) is 30.3 Å². The smallest absolute Gasteiger partial charge is 0.414 e. The normalized spacial score (nSPS) is 16.6. The molecular formula is C18H18FN3O5S. The maximum absolute atomic E-state index is 14.5. The van der Waals surface area contributed by atoms with E-state index in [-0.39, 0.29) is 35.3 Å². The molecule has 0 radical (unpaired) electrons. The van der Waals surface area contributed by atoms with Gasteiger partial charge in [0.1, 0.15) is 11.9 Å². The molecule has 1 fully saturated rings. The van der Waals surface area contributed by atoms with Gasteiger partial charge in [0.15, 0.2) is 0 Å². The van der Waals surface area contributed by atoms with Crippen LogP contribution in [0.2, 0.25) is 0 Å². The van der Waals surface area contributed by atoms with Crippen molar-refractivity contribution in [3.63, 3.8) is 0 Å². The third kappa shape index (κ3) is 4.39. The Morgan fingerprint density at radius 1 is 1.25 bits per heavy atom. The number of halogens is 1. The molecule has 2 aromatic rings. The predicted octanol–water partition coefficient (Wildman–Crippen LogP) is 2.09. The van der Waals surface area contributed by atoms with Crippen molar-refractivity contribution in [2.75, 3.05) is 22.7 Å². The number of carbonyl (C=O) groups is 2. The van der Waals surface area contributed by atoms with Gasteiger partial charge in [-0.2, -0.15) is 0 Å². The van der Waals surface area contributed by atoms with Crippen molar-refractivity contribution < 1.29 is 27.1 Å². The van der Waals surface area contributed by atoms with Gasteiger partial charge in [-0.15, -0.1) is 0 Å². The van der Waals surface area contributed by atoms with E-state index in [0.717, 1.165) is 6.07 Å². The summed E-state index contributed by atoms with van der Waals surface area (Å²) in [6.45, 7) is 1.63. The van der Waals surface area contributed by atoms with E-state index < -0.39 is 28.0 Å². The summed E-state index contributed by atoms with van der Waals surface area (Å²) in [5, 5.41) is 2.55. The largest absolute Gasteiger partial charge is 0.442 e. The van der Waals surface area contributed by atoms with Crippen LogP contribution in [0, 0.1) is 5.82 Å². The molecule has 2 N–H and O–H groups in total. The molecule has 0 saturated carbocycles. The van der Waals surface area contributed by atoms with Crippen LogP contribution >= 0.6 is 0 Å². The van der Waals surface area contributed by atoms with E-state index in [0.29, 0.717) is 0 Å². The molecule has 8 nitrogen and oxygen atoms in total. The van der Waals surface area contributed by atoms with Crippen LogP contribution in [-0.2, 0) is 19.6 Å². The molecule has 2 amide bonds. The van der Waals surface area contributed by atoms with Gasteiger partial charge in [0.05, 0.1) is 29.4 Å². The summed E-state index contributed by atoms with van der Waals surface area (Å²) >= 11 is 0. The van der Waals surface area contributed by atoms with Gasteiger partial charge >= 0.3 is 6.09 Å². The number of nitrogens with one attached hydrogen (secondary N) is 2. The highest BCUT2D eigenvalue weighted by Crippen LogP contribution is 2.27. The summed E-state index contributed by atoms with van der Waals surface area (Å²) in [5.41, 5.74) is -0.0227. The van der Waals surface area contributed by atoms with Crippen LogP contribution in [0.4, 0.5) is 20.6 Å². The Kier molecular flexibility index (Phi) is 5.50. The maximum atomic E-state index is 14.5. The summed E-state index contributed by atoms with van der Waals surface area (Å²) in [7, 11) is -3.94. The Morgan fingerprint density at radius 3 is 2.61 bits per heavy atom. The number of hydrogen-bond acceptors (Lipinski definition) is 5. The summed E-state index contributed by atoms with van der Waals surface area (Å²) in [6, 6.07) is 11.3. The molecule has 2 aromatic carbocycles. The van der Waals surface area contributed by atoms with Gasteiger partial charge in [-0.3, -0.25) is 14.4 Å². The second-order valence-electron chi connectivity index (χ2n) is 6.14. The maximum Gasteiger partial charge on any atom is 0.414 e. The topological polar surface area (TPSA) is 105 Å². The van der Waals surface area contributed by atoms with Gasteiger partial charge in [-0.25, -0.2) is 17.6 Å². The van der Waals surface area contributed by atoms with E-state index in [9.17, 15) is 22.4 Å². The van der Waals surface area contributed by atoms with Crippen molar-refractivity contribution in [1.29, 1.82) is 0 Å². The number of hydrogen-bond donors (Lipinski definition) is 2. The Balaban J connectivity index is 1.74. The lowest BCUT2D eigenvalue weighted by atomic mass is 10.2. The quantitative estimate of drug-likeness (QED) is 0.763. The molecule has 0 aromatic heterocycles. The van der Waals surface area contributed by atoms with Crippen LogP contribution in [-0.4, -0.2) is 39.6 Å². The van der Waals surface area contributed by atoms with Crippen molar-refractivity contribution in [3.8, 4) is 0 Å². The first kappa shape index (κ1) is 19.6. The fourth-order valence-electron chi connectivity index (χ4n) is 2.65. The van der Waals surface area contributed by atoms with Crippen molar-refractivity contribution in [2.45, 2.75) is 17.9 Å². The molecule has 0 aliphatic carbocycles. The highest BCUT2D eigenvalue weighted by molar-refractivity contribution is 7.92. The zero-order chi connectivity index (χ0) is 20.3. The Bertz CT molecular complexity index is 998. The Labute approximate surface area is 161 Å². The number of sulfonamides is 1. The first-order chi connectivity index (χ1) is 13.3. The number of benzene rings is 2. The van der Waals surface area contributed by atoms with Crippen LogP contribution in [0.3, 0.4) is 0 Å².